The molecule has 0 N–H and O–H groups in total. The van der Waals surface area contributed by atoms with E-state index in [-0.39, 0.29) is 16.4 Å². The maximum atomic E-state index is 12.7. The quantitative estimate of drug-likeness (QED) is 0.611. The zero-order valence-corrected chi connectivity index (χ0v) is 9.67. The summed E-state index contributed by atoms with van der Waals surface area (Å²) in [6, 6.07) is 12.9. The van der Waals surface area contributed by atoms with Crippen molar-refractivity contribution in [2.45, 2.75) is 12.8 Å². The average Bonchev–Trinajstić information content (AvgIpc) is 2.38. The van der Waals surface area contributed by atoms with Crippen molar-refractivity contribution in [1.29, 1.82) is 0 Å². The molecule has 2 aromatic rings. The van der Waals surface area contributed by atoms with Gasteiger partial charge in [-0.05, 0) is 30.5 Å². The van der Waals surface area contributed by atoms with Crippen molar-refractivity contribution >= 4 is 5.69 Å². The van der Waals surface area contributed by atoms with Crippen molar-refractivity contribution < 1.29 is 9.31 Å². The highest BCUT2D eigenvalue weighted by Crippen LogP contribution is 2.19. The lowest BCUT2D eigenvalue weighted by Crippen LogP contribution is -1.97. The summed E-state index contributed by atoms with van der Waals surface area (Å²) in [5.74, 6) is -0.274. The molecule has 3 nitrogen and oxygen atoms in total. The molecule has 0 bridgehead atoms. The van der Waals surface area contributed by atoms with E-state index < -0.39 is 0 Å². The third-order valence-corrected chi connectivity index (χ3v) is 2.78. The number of nitro groups is 1. The van der Waals surface area contributed by atoms with Gasteiger partial charge >= 0.3 is 0 Å². The molecule has 0 aromatic heterocycles. The zero-order valence-electron chi connectivity index (χ0n) is 9.67. The topological polar surface area (TPSA) is 43.1 Å². The third-order valence-electron chi connectivity index (χ3n) is 2.78. The van der Waals surface area contributed by atoms with E-state index in [2.05, 4.69) is 0 Å². The third kappa shape index (κ3) is 2.91. The Balaban J connectivity index is 2.10. The molecule has 0 unspecified atom stereocenters. The minimum Gasteiger partial charge on any atom is -0.258 e. The minimum absolute atomic E-state index is 0.139. The molecule has 0 aliphatic heterocycles. The first-order valence-electron chi connectivity index (χ1n) is 5.63. The van der Waals surface area contributed by atoms with E-state index in [1.54, 1.807) is 30.3 Å². The van der Waals surface area contributed by atoms with E-state index in [0.717, 1.165) is 5.56 Å². The standard InChI is InChI=1S/C14H12FNO2/c15-13-9-6-11(7-10-13)5-8-12-3-1-2-4-14(12)16(17)18/h1-4,6-7,9-10H,5,8H2. The zero-order chi connectivity index (χ0) is 13.0. The van der Waals surface area contributed by atoms with Gasteiger partial charge in [-0.1, -0.05) is 30.3 Å². The molecule has 2 rings (SSSR count). The molecule has 0 aliphatic carbocycles. The molecule has 2 aromatic carbocycles. The largest absolute Gasteiger partial charge is 0.272 e. The van der Waals surface area contributed by atoms with E-state index in [1.165, 1.54) is 18.2 Å². The monoisotopic (exact) mass is 245 g/mol. The van der Waals surface area contributed by atoms with Crippen LogP contribution in [0.4, 0.5) is 10.1 Å². The number of rotatable bonds is 4. The van der Waals surface area contributed by atoms with E-state index in [4.69, 9.17) is 0 Å². The molecule has 18 heavy (non-hydrogen) atoms. The maximum Gasteiger partial charge on any atom is 0.272 e. The summed E-state index contributed by atoms with van der Waals surface area (Å²) >= 11 is 0. The molecule has 0 atom stereocenters. The molecule has 0 heterocycles. The van der Waals surface area contributed by atoms with Crippen molar-refractivity contribution in [3.63, 3.8) is 0 Å². The molecule has 0 saturated carbocycles. The number of para-hydroxylation sites is 1. The first kappa shape index (κ1) is 12.2. The van der Waals surface area contributed by atoms with Gasteiger partial charge in [0.2, 0.25) is 0 Å². The van der Waals surface area contributed by atoms with Gasteiger partial charge in [-0.25, -0.2) is 4.39 Å². The number of halogens is 1. The number of nitrogens with zero attached hydrogens (tertiary/aromatic N) is 1. The van der Waals surface area contributed by atoms with Crippen molar-refractivity contribution in [3.8, 4) is 0 Å². The van der Waals surface area contributed by atoms with Crippen LogP contribution in [-0.4, -0.2) is 4.92 Å². The van der Waals surface area contributed by atoms with Gasteiger partial charge < -0.3 is 0 Å². The lowest BCUT2D eigenvalue weighted by molar-refractivity contribution is -0.385. The minimum atomic E-state index is -0.375. The van der Waals surface area contributed by atoms with Crippen LogP contribution in [0.15, 0.2) is 48.5 Å². The molecule has 4 heteroatoms. The Morgan fingerprint density at radius 1 is 1.00 bits per heavy atom. The van der Waals surface area contributed by atoms with Crippen molar-refractivity contribution in [3.05, 3.63) is 75.6 Å². The molecule has 0 spiro atoms. The number of hydrogen-bond donors (Lipinski definition) is 0. The van der Waals surface area contributed by atoms with Gasteiger partial charge in [0, 0.05) is 11.6 Å². The second-order valence-electron chi connectivity index (χ2n) is 4.01. The molecular formula is C14H12FNO2. The van der Waals surface area contributed by atoms with Crippen LogP contribution in [0, 0.1) is 15.9 Å². The van der Waals surface area contributed by atoms with Gasteiger partial charge in [-0.15, -0.1) is 0 Å². The van der Waals surface area contributed by atoms with E-state index >= 15 is 0 Å². The van der Waals surface area contributed by atoms with Crippen LogP contribution in [0.25, 0.3) is 0 Å². The Labute approximate surface area is 104 Å². The Hall–Kier alpha value is -2.23. The smallest absolute Gasteiger partial charge is 0.258 e. The van der Waals surface area contributed by atoms with Crippen LogP contribution in [-0.2, 0) is 12.8 Å². The van der Waals surface area contributed by atoms with Crippen LogP contribution >= 0.6 is 0 Å². The highest BCUT2D eigenvalue weighted by Gasteiger charge is 2.11. The van der Waals surface area contributed by atoms with Gasteiger partial charge in [0.25, 0.3) is 5.69 Å². The predicted octanol–water partition coefficient (Wildman–Crippen LogP) is 3.52. The number of aryl methyl sites for hydroxylation is 2. The van der Waals surface area contributed by atoms with Crippen LogP contribution < -0.4 is 0 Å². The van der Waals surface area contributed by atoms with Gasteiger partial charge in [0.15, 0.2) is 0 Å². The fourth-order valence-electron chi connectivity index (χ4n) is 1.83. The van der Waals surface area contributed by atoms with E-state index in [9.17, 15) is 14.5 Å². The first-order valence-corrected chi connectivity index (χ1v) is 5.63. The second kappa shape index (κ2) is 5.40. The average molecular weight is 245 g/mol. The summed E-state index contributed by atoms with van der Waals surface area (Å²) in [5.41, 5.74) is 1.81. The first-order chi connectivity index (χ1) is 8.66. The Morgan fingerprint density at radius 2 is 1.67 bits per heavy atom. The van der Waals surface area contributed by atoms with Gasteiger partial charge in [-0.3, -0.25) is 10.1 Å². The van der Waals surface area contributed by atoms with Crippen LogP contribution in [0.3, 0.4) is 0 Å². The summed E-state index contributed by atoms with van der Waals surface area (Å²) < 4.78 is 12.7. The number of benzene rings is 2. The summed E-state index contributed by atoms with van der Waals surface area (Å²) in [5, 5.41) is 10.8. The van der Waals surface area contributed by atoms with Crippen molar-refractivity contribution in [2.75, 3.05) is 0 Å². The number of hydrogen-bond acceptors (Lipinski definition) is 2. The van der Waals surface area contributed by atoms with E-state index in [1.807, 2.05) is 0 Å². The lowest BCUT2D eigenvalue weighted by atomic mass is 10.0. The van der Waals surface area contributed by atoms with Crippen molar-refractivity contribution in [1.82, 2.24) is 0 Å². The normalized spacial score (nSPS) is 10.3. The molecule has 0 fully saturated rings. The van der Waals surface area contributed by atoms with Gasteiger partial charge in [0.05, 0.1) is 4.92 Å². The van der Waals surface area contributed by atoms with Crippen molar-refractivity contribution in [2.24, 2.45) is 0 Å². The summed E-state index contributed by atoms with van der Waals surface area (Å²) in [4.78, 5) is 10.5. The predicted molar refractivity (Wildman–Crippen MR) is 66.9 cm³/mol. The highest BCUT2D eigenvalue weighted by molar-refractivity contribution is 5.40. The molecule has 0 amide bonds. The lowest BCUT2D eigenvalue weighted by Gasteiger charge is -2.03. The van der Waals surface area contributed by atoms with Crippen LogP contribution in [0.2, 0.25) is 0 Å². The maximum absolute atomic E-state index is 12.7. The molecule has 0 saturated heterocycles. The summed E-state index contributed by atoms with van der Waals surface area (Å²) in [7, 11) is 0. The fraction of sp³-hybridized carbons (Fsp3) is 0.143. The number of nitro benzene ring substituents is 1. The second-order valence-corrected chi connectivity index (χ2v) is 4.01. The van der Waals surface area contributed by atoms with Crippen LogP contribution in [0.5, 0.6) is 0 Å². The summed E-state index contributed by atoms with van der Waals surface area (Å²) in [6.07, 6.45) is 1.23. The molecule has 0 radical (unpaired) electrons. The highest BCUT2D eigenvalue weighted by atomic mass is 19.1. The van der Waals surface area contributed by atoms with Crippen LogP contribution in [0.1, 0.15) is 11.1 Å². The van der Waals surface area contributed by atoms with Gasteiger partial charge in [0.1, 0.15) is 5.82 Å². The molecule has 92 valence electrons. The summed E-state index contributed by atoms with van der Waals surface area (Å²) in [6.45, 7) is 0. The van der Waals surface area contributed by atoms with E-state index in [0.29, 0.717) is 18.4 Å². The Morgan fingerprint density at radius 3 is 2.33 bits per heavy atom. The fourth-order valence-corrected chi connectivity index (χ4v) is 1.83. The Kier molecular flexibility index (Phi) is 3.67. The van der Waals surface area contributed by atoms with Gasteiger partial charge in [-0.2, -0.15) is 0 Å². The molecular weight excluding hydrogens is 233 g/mol. The SMILES string of the molecule is O=[N+]([O-])c1ccccc1CCc1ccc(F)cc1. The molecule has 0 aliphatic rings. The Bertz CT molecular complexity index is 552.